The van der Waals surface area contributed by atoms with Crippen LogP contribution in [0.15, 0.2) is 199 Å². The standard InChI is InChI=1S/C48H34N2S/c51-48-40(35-15-6-2-7-16-35)20-12-21-45(48)49-44-30-26-37(31-43(44)36-17-8-3-9-18-36)38-25-29-42-41-19-10-11-22-46(41)50(47(42)32-38)39-27-23-34(24-28-39)33-13-4-1-5-14-33/h1-32,49,51H. The Balaban J connectivity index is 1.15. The SMILES string of the molecule is Sc1c(Nc2ccc(-c3ccc4c5ccccc5n(-c5ccc(-c6ccccc6)cc5)c4c3)cc2-c2ccccc2)cccc1-c1ccccc1. The molecule has 0 unspecified atom stereocenters. The molecule has 242 valence electrons. The molecule has 0 amide bonds. The van der Waals surface area contributed by atoms with Crippen molar-refractivity contribution >= 4 is 45.8 Å². The average Bonchev–Trinajstić information content (AvgIpc) is 3.53. The summed E-state index contributed by atoms with van der Waals surface area (Å²) in [6.45, 7) is 0. The maximum Gasteiger partial charge on any atom is 0.0547 e. The molecule has 0 aliphatic heterocycles. The molecule has 2 nitrogen and oxygen atoms in total. The van der Waals surface area contributed by atoms with E-state index in [1.807, 2.05) is 6.07 Å². The zero-order chi connectivity index (χ0) is 34.1. The van der Waals surface area contributed by atoms with Gasteiger partial charge in [-0.2, -0.15) is 0 Å². The maximum atomic E-state index is 5.01. The summed E-state index contributed by atoms with van der Waals surface area (Å²) in [7, 11) is 0. The van der Waals surface area contributed by atoms with Crippen LogP contribution in [0.25, 0.3) is 72.0 Å². The van der Waals surface area contributed by atoms with E-state index in [0.717, 1.165) is 55.3 Å². The van der Waals surface area contributed by atoms with Crippen LogP contribution in [0.4, 0.5) is 11.4 Å². The van der Waals surface area contributed by atoms with E-state index in [-0.39, 0.29) is 0 Å². The van der Waals surface area contributed by atoms with Crippen molar-refractivity contribution in [2.24, 2.45) is 0 Å². The fourth-order valence-corrected chi connectivity index (χ4v) is 7.53. The van der Waals surface area contributed by atoms with Crippen molar-refractivity contribution in [2.75, 3.05) is 5.32 Å². The predicted octanol–water partition coefficient (Wildman–Crippen LogP) is 13.5. The largest absolute Gasteiger partial charge is 0.354 e. The highest BCUT2D eigenvalue weighted by molar-refractivity contribution is 7.80. The van der Waals surface area contributed by atoms with Crippen LogP contribution in [-0.2, 0) is 0 Å². The van der Waals surface area contributed by atoms with E-state index in [0.29, 0.717) is 0 Å². The van der Waals surface area contributed by atoms with Gasteiger partial charge >= 0.3 is 0 Å². The van der Waals surface area contributed by atoms with Crippen molar-refractivity contribution in [1.29, 1.82) is 0 Å². The van der Waals surface area contributed by atoms with Crippen LogP contribution >= 0.6 is 12.6 Å². The molecule has 1 heterocycles. The molecule has 3 heteroatoms. The second kappa shape index (κ2) is 13.2. The van der Waals surface area contributed by atoms with E-state index >= 15 is 0 Å². The van der Waals surface area contributed by atoms with E-state index in [2.05, 4.69) is 198 Å². The summed E-state index contributed by atoms with van der Waals surface area (Å²) in [4.78, 5) is 0.918. The number of para-hydroxylation sites is 1. The minimum atomic E-state index is 0.918. The monoisotopic (exact) mass is 670 g/mol. The molecule has 0 atom stereocenters. The van der Waals surface area contributed by atoms with Gasteiger partial charge in [-0.3, -0.25) is 0 Å². The lowest BCUT2D eigenvalue weighted by Crippen LogP contribution is -1.97. The lowest BCUT2D eigenvalue weighted by molar-refractivity contribution is 1.18. The normalized spacial score (nSPS) is 11.2. The Hall–Kier alpha value is -6.29. The van der Waals surface area contributed by atoms with Crippen LogP contribution in [0.3, 0.4) is 0 Å². The van der Waals surface area contributed by atoms with Crippen molar-refractivity contribution in [3.63, 3.8) is 0 Å². The number of nitrogens with one attached hydrogen (secondary N) is 1. The molecule has 0 fully saturated rings. The molecule has 9 aromatic rings. The summed E-state index contributed by atoms with van der Waals surface area (Å²) in [5.41, 5.74) is 14.8. The number of nitrogens with zero attached hydrogens (tertiary/aromatic N) is 1. The molecule has 8 aromatic carbocycles. The van der Waals surface area contributed by atoms with Gasteiger partial charge in [0.1, 0.15) is 0 Å². The summed E-state index contributed by atoms with van der Waals surface area (Å²) in [6.07, 6.45) is 0. The Labute approximate surface area is 303 Å². The highest BCUT2D eigenvalue weighted by atomic mass is 32.1. The number of aromatic nitrogens is 1. The lowest BCUT2D eigenvalue weighted by atomic mass is 9.96. The second-order valence-corrected chi connectivity index (χ2v) is 13.3. The van der Waals surface area contributed by atoms with Crippen molar-refractivity contribution in [3.05, 3.63) is 194 Å². The van der Waals surface area contributed by atoms with Gasteiger partial charge in [0, 0.05) is 32.6 Å². The van der Waals surface area contributed by atoms with Crippen molar-refractivity contribution in [1.82, 2.24) is 4.57 Å². The zero-order valence-electron chi connectivity index (χ0n) is 27.9. The Morgan fingerprint density at radius 3 is 1.63 bits per heavy atom. The minimum absolute atomic E-state index is 0.918. The van der Waals surface area contributed by atoms with Crippen LogP contribution < -0.4 is 5.32 Å². The first-order chi connectivity index (χ1) is 25.2. The number of rotatable bonds is 7. The van der Waals surface area contributed by atoms with E-state index in [4.69, 9.17) is 12.6 Å². The first-order valence-corrected chi connectivity index (χ1v) is 17.7. The van der Waals surface area contributed by atoms with Crippen LogP contribution in [0.2, 0.25) is 0 Å². The number of fused-ring (bicyclic) bond motifs is 3. The summed E-state index contributed by atoms with van der Waals surface area (Å²) in [5.74, 6) is 0. The molecule has 0 bridgehead atoms. The molecular formula is C48H34N2S. The predicted molar refractivity (Wildman–Crippen MR) is 220 cm³/mol. The highest BCUT2D eigenvalue weighted by Gasteiger charge is 2.16. The topological polar surface area (TPSA) is 17.0 Å². The molecule has 0 aliphatic carbocycles. The van der Waals surface area contributed by atoms with Gasteiger partial charge in [0.25, 0.3) is 0 Å². The molecule has 1 aromatic heterocycles. The summed E-state index contributed by atoms with van der Waals surface area (Å²) in [6, 6.07) is 69.1. The second-order valence-electron chi connectivity index (χ2n) is 12.8. The van der Waals surface area contributed by atoms with Crippen LogP contribution in [0, 0.1) is 0 Å². The Bertz CT molecular complexity index is 2640. The lowest BCUT2D eigenvalue weighted by Gasteiger charge is -2.17. The molecule has 0 aliphatic rings. The Morgan fingerprint density at radius 1 is 0.353 bits per heavy atom. The van der Waals surface area contributed by atoms with Gasteiger partial charge < -0.3 is 9.88 Å². The summed E-state index contributed by atoms with van der Waals surface area (Å²) < 4.78 is 2.39. The summed E-state index contributed by atoms with van der Waals surface area (Å²) in [5, 5.41) is 6.23. The molecule has 9 rings (SSSR count). The van der Waals surface area contributed by atoms with Crippen molar-refractivity contribution in [2.45, 2.75) is 4.90 Å². The Morgan fingerprint density at radius 2 is 0.902 bits per heavy atom. The highest BCUT2D eigenvalue weighted by Crippen LogP contribution is 2.40. The van der Waals surface area contributed by atoms with E-state index in [1.165, 1.54) is 32.9 Å². The average molecular weight is 671 g/mol. The maximum absolute atomic E-state index is 5.01. The van der Waals surface area contributed by atoms with Crippen molar-refractivity contribution in [3.8, 4) is 50.2 Å². The molecule has 1 N–H and O–H groups in total. The fourth-order valence-electron chi connectivity index (χ4n) is 7.19. The third kappa shape index (κ3) is 5.78. The fraction of sp³-hybridized carbons (Fsp3) is 0. The van der Waals surface area contributed by atoms with E-state index in [9.17, 15) is 0 Å². The Kier molecular flexibility index (Phi) is 7.96. The van der Waals surface area contributed by atoms with Crippen LogP contribution in [0.5, 0.6) is 0 Å². The molecule has 0 radical (unpaired) electrons. The quantitative estimate of drug-likeness (QED) is 0.161. The third-order valence-electron chi connectivity index (χ3n) is 9.73. The van der Waals surface area contributed by atoms with Gasteiger partial charge in [0.05, 0.1) is 16.7 Å². The van der Waals surface area contributed by atoms with E-state index in [1.54, 1.807) is 0 Å². The van der Waals surface area contributed by atoms with Gasteiger partial charge in [-0.25, -0.2) is 0 Å². The third-order valence-corrected chi connectivity index (χ3v) is 10.2. The number of hydrogen-bond donors (Lipinski definition) is 2. The number of anilines is 2. The minimum Gasteiger partial charge on any atom is -0.354 e. The van der Waals surface area contributed by atoms with Gasteiger partial charge in [0.2, 0.25) is 0 Å². The van der Waals surface area contributed by atoms with Gasteiger partial charge in [-0.15, -0.1) is 12.6 Å². The molecule has 0 saturated carbocycles. The van der Waals surface area contributed by atoms with Gasteiger partial charge in [-0.1, -0.05) is 152 Å². The number of thiol groups is 1. The van der Waals surface area contributed by atoms with Gasteiger partial charge in [-0.05, 0) is 81.4 Å². The molecule has 0 saturated heterocycles. The smallest absolute Gasteiger partial charge is 0.0547 e. The number of hydrogen-bond acceptors (Lipinski definition) is 2. The molecule has 0 spiro atoms. The van der Waals surface area contributed by atoms with Gasteiger partial charge in [0.15, 0.2) is 0 Å². The molecule has 51 heavy (non-hydrogen) atoms. The first kappa shape index (κ1) is 30.7. The number of benzene rings is 8. The molecular weight excluding hydrogens is 637 g/mol. The van der Waals surface area contributed by atoms with E-state index < -0.39 is 0 Å². The first-order valence-electron chi connectivity index (χ1n) is 17.2. The van der Waals surface area contributed by atoms with Crippen LogP contribution in [0.1, 0.15) is 0 Å². The summed E-state index contributed by atoms with van der Waals surface area (Å²) >= 11 is 5.01. The van der Waals surface area contributed by atoms with Crippen LogP contribution in [-0.4, -0.2) is 4.57 Å². The van der Waals surface area contributed by atoms with Crippen molar-refractivity contribution < 1.29 is 0 Å². The zero-order valence-corrected chi connectivity index (χ0v) is 28.8.